The smallest absolute Gasteiger partial charge is 0.185 e. The number of rotatable bonds is 5. The van der Waals surface area contributed by atoms with Gasteiger partial charge >= 0.3 is 0 Å². The normalized spacial score (nSPS) is 11.4. The largest absolute Gasteiger partial charge is 0.370 e. The van der Waals surface area contributed by atoms with Gasteiger partial charge in [-0.2, -0.15) is 0 Å². The molecule has 0 aromatic carbocycles. The Hall–Kier alpha value is -0.730. The van der Waals surface area contributed by atoms with Crippen molar-refractivity contribution in [1.29, 1.82) is 0 Å². The van der Waals surface area contributed by atoms with Crippen LogP contribution in [0.5, 0.6) is 0 Å². The topological polar surface area (TPSA) is 64.4 Å². The van der Waals surface area contributed by atoms with Gasteiger partial charge in [-0.15, -0.1) is 0 Å². The van der Waals surface area contributed by atoms with Gasteiger partial charge in [0.2, 0.25) is 0 Å². The SMILES string of the molecule is CC.CCC(C)(C)CC(C)(C)CN=C(N)N. The van der Waals surface area contributed by atoms with Gasteiger partial charge in [0.1, 0.15) is 0 Å². The molecule has 0 rings (SSSR count). The first-order valence-electron chi connectivity index (χ1n) is 6.24. The number of nitrogens with zero attached hydrogens (tertiary/aromatic N) is 1. The van der Waals surface area contributed by atoms with Gasteiger partial charge in [0, 0.05) is 6.54 Å². The van der Waals surface area contributed by atoms with Crippen molar-refractivity contribution in [2.45, 2.75) is 61.3 Å². The van der Waals surface area contributed by atoms with Crippen LogP contribution < -0.4 is 11.5 Å². The summed E-state index contributed by atoms with van der Waals surface area (Å²) in [6.07, 6.45) is 2.31. The summed E-state index contributed by atoms with van der Waals surface area (Å²) >= 11 is 0. The minimum absolute atomic E-state index is 0.170. The van der Waals surface area contributed by atoms with E-state index < -0.39 is 0 Å². The Morgan fingerprint density at radius 3 is 1.75 bits per heavy atom. The summed E-state index contributed by atoms with van der Waals surface area (Å²) in [5.74, 6) is 0.187. The van der Waals surface area contributed by atoms with Gasteiger partial charge in [-0.05, 0) is 17.3 Å². The molecule has 0 amide bonds. The quantitative estimate of drug-likeness (QED) is 0.562. The highest BCUT2D eigenvalue weighted by molar-refractivity contribution is 5.75. The van der Waals surface area contributed by atoms with E-state index >= 15 is 0 Å². The molecule has 0 aromatic rings. The van der Waals surface area contributed by atoms with Crippen LogP contribution in [0.4, 0.5) is 0 Å². The summed E-state index contributed by atoms with van der Waals surface area (Å²) in [6.45, 7) is 15.9. The Balaban J connectivity index is 0. The lowest BCUT2D eigenvalue weighted by Crippen LogP contribution is -2.29. The van der Waals surface area contributed by atoms with Gasteiger partial charge in [-0.1, -0.05) is 54.9 Å². The van der Waals surface area contributed by atoms with Gasteiger partial charge in [-0.25, -0.2) is 0 Å². The highest BCUT2D eigenvalue weighted by Crippen LogP contribution is 2.35. The Bertz CT molecular complexity index is 201. The molecule has 3 nitrogen and oxygen atoms in total. The lowest BCUT2D eigenvalue weighted by molar-refractivity contribution is 0.195. The first-order valence-corrected chi connectivity index (χ1v) is 6.24. The minimum Gasteiger partial charge on any atom is -0.370 e. The predicted octanol–water partition coefficient (Wildman–Crippen LogP) is 3.14. The molecule has 0 saturated carbocycles. The van der Waals surface area contributed by atoms with Crippen LogP contribution >= 0.6 is 0 Å². The summed E-state index contributed by atoms with van der Waals surface area (Å²) in [5.41, 5.74) is 11.2. The number of guanidine groups is 1. The molecule has 0 aliphatic rings. The molecule has 0 unspecified atom stereocenters. The van der Waals surface area contributed by atoms with Crippen LogP contribution in [0.15, 0.2) is 4.99 Å². The van der Waals surface area contributed by atoms with E-state index in [1.54, 1.807) is 0 Å². The Morgan fingerprint density at radius 1 is 1.00 bits per heavy atom. The molecule has 3 heteroatoms. The third kappa shape index (κ3) is 9.81. The second-order valence-corrected chi connectivity index (χ2v) is 5.60. The second-order valence-electron chi connectivity index (χ2n) is 5.60. The van der Waals surface area contributed by atoms with Crippen LogP contribution in [-0.2, 0) is 0 Å². The highest BCUT2D eigenvalue weighted by Gasteiger charge is 2.27. The van der Waals surface area contributed by atoms with E-state index in [0.29, 0.717) is 12.0 Å². The molecule has 16 heavy (non-hydrogen) atoms. The van der Waals surface area contributed by atoms with Gasteiger partial charge in [0.25, 0.3) is 0 Å². The molecule has 0 bridgehead atoms. The van der Waals surface area contributed by atoms with Crippen LogP contribution in [0.25, 0.3) is 0 Å². The van der Waals surface area contributed by atoms with E-state index in [-0.39, 0.29) is 11.4 Å². The van der Waals surface area contributed by atoms with E-state index in [2.05, 4.69) is 39.6 Å². The van der Waals surface area contributed by atoms with Crippen LogP contribution in [0, 0.1) is 10.8 Å². The number of aliphatic imine (C=N–C) groups is 1. The third-order valence-corrected chi connectivity index (χ3v) is 2.60. The standard InChI is InChI=1S/C11H25N3.C2H6/c1-6-10(2,3)7-11(4,5)8-14-9(12)13;1-2/h6-8H2,1-5H3,(H4,12,13,14);1-2H3. The average molecular weight is 229 g/mol. The van der Waals surface area contributed by atoms with E-state index in [9.17, 15) is 0 Å². The van der Waals surface area contributed by atoms with Crippen molar-refractivity contribution in [3.63, 3.8) is 0 Å². The zero-order valence-electron chi connectivity index (χ0n) is 12.2. The first-order chi connectivity index (χ1) is 7.18. The van der Waals surface area contributed by atoms with Crippen LogP contribution in [0.1, 0.15) is 61.3 Å². The number of hydrogen-bond donors (Lipinski definition) is 2. The summed E-state index contributed by atoms with van der Waals surface area (Å²) in [4.78, 5) is 4.09. The molecule has 0 saturated heterocycles. The van der Waals surface area contributed by atoms with Crippen molar-refractivity contribution < 1.29 is 0 Å². The van der Waals surface area contributed by atoms with Gasteiger partial charge in [0.05, 0.1) is 0 Å². The molecule has 0 aliphatic carbocycles. The lowest BCUT2D eigenvalue weighted by Gasteiger charge is -2.33. The fourth-order valence-electron chi connectivity index (χ4n) is 1.78. The van der Waals surface area contributed by atoms with Crippen molar-refractivity contribution in [3.8, 4) is 0 Å². The first kappa shape index (κ1) is 17.7. The molecule has 0 radical (unpaired) electrons. The zero-order chi connectivity index (χ0) is 13.4. The van der Waals surface area contributed by atoms with Crippen LogP contribution in [-0.4, -0.2) is 12.5 Å². The third-order valence-electron chi connectivity index (χ3n) is 2.60. The van der Waals surface area contributed by atoms with E-state index in [4.69, 9.17) is 11.5 Å². The van der Waals surface area contributed by atoms with E-state index in [0.717, 1.165) is 6.42 Å². The molecule has 4 N–H and O–H groups in total. The summed E-state index contributed by atoms with van der Waals surface area (Å²) in [5, 5.41) is 0. The van der Waals surface area contributed by atoms with Crippen molar-refractivity contribution >= 4 is 5.96 Å². The monoisotopic (exact) mass is 229 g/mol. The molecule has 98 valence electrons. The van der Waals surface area contributed by atoms with E-state index in [1.807, 2.05) is 13.8 Å². The number of hydrogen-bond acceptors (Lipinski definition) is 1. The molecule has 0 spiro atoms. The molecule has 0 aromatic heterocycles. The summed E-state index contributed by atoms with van der Waals surface area (Å²) < 4.78 is 0. The summed E-state index contributed by atoms with van der Waals surface area (Å²) in [6, 6.07) is 0. The van der Waals surface area contributed by atoms with Gasteiger partial charge in [-0.3, -0.25) is 4.99 Å². The lowest BCUT2D eigenvalue weighted by atomic mass is 9.74. The van der Waals surface area contributed by atoms with Crippen molar-refractivity contribution in [2.75, 3.05) is 6.54 Å². The maximum absolute atomic E-state index is 5.32. The molecular weight excluding hydrogens is 198 g/mol. The maximum atomic E-state index is 5.32. The zero-order valence-corrected chi connectivity index (χ0v) is 12.2. The highest BCUT2D eigenvalue weighted by atomic mass is 15.0. The summed E-state index contributed by atoms with van der Waals surface area (Å²) in [7, 11) is 0. The Kier molecular flexibility index (Phi) is 8.31. The average Bonchev–Trinajstić information content (AvgIpc) is 2.17. The molecule has 0 fully saturated rings. The fourth-order valence-corrected chi connectivity index (χ4v) is 1.78. The fraction of sp³-hybridized carbons (Fsp3) is 0.923. The molecule has 0 aliphatic heterocycles. The van der Waals surface area contributed by atoms with E-state index in [1.165, 1.54) is 6.42 Å². The maximum Gasteiger partial charge on any atom is 0.185 e. The van der Waals surface area contributed by atoms with Crippen LogP contribution in [0.2, 0.25) is 0 Å². The minimum atomic E-state index is 0.170. The van der Waals surface area contributed by atoms with Gasteiger partial charge in [0.15, 0.2) is 5.96 Å². The van der Waals surface area contributed by atoms with Crippen molar-refractivity contribution in [2.24, 2.45) is 27.3 Å². The number of nitrogens with two attached hydrogens (primary N) is 2. The second kappa shape index (κ2) is 7.53. The molecule has 0 heterocycles. The predicted molar refractivity (Wildman–Crippen MR) is 74.5 cm³/mol. The Labute approximate surface area is 102 Å². The molecule has 0 atom stereocenters. The van der Waals surface area contributed by atoms with Crippen LogP contribution in [0.3, 0.4) is 0 Å². The Morgan fingerprint density at radius 2 is 1.44 bits per heavy atom. The van der Waals surface area contributed by atoms with Gasteiger partial charge < -0.3 is 11.5 Å². The van der Waals surface area contributed by atoms with Crippen molar-refractivity contribution in [3.05, 3.63) is 0 Å². The molecular formula is C13H31N3. The van der Waals surface area contributed by atoms with Crippen molar-refractivity contribution in [1.82, 2.24) is 0 Å².